The van der Waals surface area contributed by atoms with E-state index in [4.69, 9.17) is 0 Å². The van der Waals surface area contributed by atoms with Crippen molar-refractivity contribution in [1.29, 1.82) is 0 Å². The molecule has 2 aromatic rings. The summed E-state index contributed by atoms with van der Waals surface area (Å²) < 4.78 is 13.2. The molecule has 0 fully saturated rings. The Bertz CT molecular complexity index is 549. The molecule has 0 unspecified atom stereocenters. The van der Waals surface area contributed by atoms with E-state index in [1.165, 1.54) is 11.6 Å². The van der Waals surface area contributed by atoms with Crippen molar-refractivity contribution in [2.24, 2.45) is 0 Å². The molecular formula is C12H11FN2. The Hall–Kier alpha value is -1.64. The van der Waals surface area contributed by atoms with Gasteiger partial charge in [0.25, 0.3) is 0 Å². The summed E-state index contributed by atoms with van der Waals surface area (Å²) >= 11 is 0. The van der Waals surface area contributed by atoms with Gasteiger partial charge in [0, 0.05) is 23.3 Å². The fraction of sp³-hybridized carbons (Fsp3) is 0.250. The second-order valence-electron chi connectivity index (χ2n) is 3.89. The van der Waals surface area contributed by atoms with E-state index in [0.29, 0.717) is 0 Å². The second kappa shape index (κ2) is 2.92. The van der Waals surface area contributed by atoms with Crippen LogP contribution in [0.15, 0.2) is 18.2 Å². The summed E-state index contributed by atoms with van der Waals surface area (Å²) in [5.41, 5.74) is 4.21. The van der Waals surface area contributed by atoms with Gasteiger partial charge in [-0.3, -0.25) is 4.98 Å². The summed E-state index contributed by atoms with van der Waals surface area (Å²) in [5.74, 6) is -0.205. The Morgan fingerprint density at radius 3 is 3.13 bits per heavy atom. The number of nitrogens with one attached hydrogen (secondary N) is 1. The van der Waals surface area contributed by atoms with E-state index in [1.54, 1.807) is 12.1 Å². The molecule has 15 heavy (non-hydrogen) atoms. The lowest BCUT2D eigenvalue weighted by Crippen LogP contribution is -1.94. The fourth-order valence-corrected chi connectivity index (χ4v) is 2.22. The SMILES string of the molecule is Cc1nc2ccc(F)cc2c2c1CCN2. The molecule has 0 spiro atoms. The Balaban J connectivity index is 2.44. The summed E-state index contributed by atoms with van der Waals surface area (Å²) in [5, 5.41) is 4.20. The number of aryl methyl sites for hydroxylation is 1. The van der Waals surface area contributed by atoms with Crippen molar-refractivity contribution in [1.82, 2.24) is 4.98 Å². The van der Waals surface area contributed by atoms with Crippen LogP contribution in [0.1, 0.15) is 11.3 Å². The highest BCUT2D eigenvalue weighted by Gasteiger charge is 2.17. The fourth-order valence-electron chi connectivity index (χ4n) is 2.22. The molecule has 76 valence electrons. The number of aromatic nitrogens is 1. The van der Waals surface area contributed by atoms with E-state index >= 15 is 0 Å². The molecule has 3 heteroatoms. The van der Waals surface area contributed by atoms with E-state index in [1.807, 2.05) is 6.92 Å². The third-order valence-corrected chi connectivity index (χ3v) is 2.93. The molecule has 0 radical (unpaired) electrons. The summed E-state index contributed by atoms with van der Waals surface area (Å²) in [4.78, 5) is 4.48. The van der Waals surface area contributed by atoms with Crippen LogP contribution in [0.25, 0.3) is 10.9 Å². The number of hydrogen-bond donors (Lipinski definition) is 1. The number of halogens is 1. The van der Waals surface area contributed by atoms with Crippen LogP contribution in [0.5, 0.6) is 0 Å². The number of fused-ring (bicyclic) bond motifs is 3. The highest BCUT2D eigenvalue weighted by molar-refractivity contribution is 5.94. The van der Waals surface area contributed by atoms with Gasteiger partial charge in [-0.2, -0.15) is 0 Å². The smallest absolute Gasteiger partial charge is 0.124 e. The molecule has 1 N–H and O–H groups in total. The van der Waals surface area contributed by atoms with Crippen LogP contribution in [0.3, 0.4) is 0 Å². The largest absolute Gasteiger partial charge is 0.384 e. The lowest BCUT2D eigenvalue weighted by Gasteiger charge is -2.07. The molecule has 1 aromatic heterocycles. The molecule has 1 aliphatic rings. The van der Waals surface area contributed by atoms with Gasteiger partial charge in [0.1, 0.15) is 5.82 Å². The van der Waals surface area contributed by atoms with Crippen LogP contribution in [-0.4, -0.2) is 11.5 Å². The Kier molecular flexibility index (Phi) is 1.69. The third-order valence-electron chi connectivity index (χ3n) is 2.93. The third kappa shape index (κ3) is 1.19. The van der Waals surface area contributed by atoms with Gasteiger partial charge < -0.3 is 5.32 Å². The quantitative estimate of drug-likeness (QED) is 0.710. The molecule has 0 atom stereocenters. The minimum absolute atomic E-state index is 0.205. The second-order valence-corrected chi connectivity index (χ2v) is 3.89. The lowest BCUT2D eigenvalue weighted by molar-refractivity contribution is 0.629. The molecule has 1 aliphatic heterocycles. The average Bonchev–Trinajstić information content (AvgIpc) is 2.69. The maximum atomic E-state index is 13.2. The molecule has 0 aliphatic carbocycles. The van der Waals surface area contributed by atoms with Crippen molar-refractivity contribution in [2.75, 3.05) is 11.9 Å². The first-order chi connectivity index (χ1) is 7.25. The molecule has 0 amide bonds. The Labute approximate surface area is 87.1 Å². The number of pyridine rings is 1. The predicted octanol–water partition coefficient (Wildman–Crippen LogP) is 2.65. The molecule has 3 rings (SSSR count). The van der Waals surface area contributed by atoms with Crippen molar-refractivity contribution in [3.8, 4) is 0 Å². The zero-order valence-electron chi connectivity index (χ0n) is 8.47. The zero-order valence-corrected chi connectivity index (χ0v) is 8.47. The van der Waals surface area contributed by atoms with Crippen molar-refractivity contribution >= 4 is 16.6 Å². The lowest BCUT2D eigenvalue weighted by atomic mass is 10.1. The van der Waals surface area contributed by atoms with Gasteiger partial charge >= 0.3 is 0 Å². The van der Waals surface area contributed by atoms with E-state index in [-0.39, 0.29) is 5.82 Å². The first kappa shape index (κ1) is 8.65. The standard InChI is InChI=1S/C12H11FN2/c1-7-9-4-5-14-12(9)10-6-8(13)2-3-11(10)15-7/h2-3,6,14H,4-5H2,1H3. The maximum absolute atomic E-state index is 13.2. The van der Waals surface area contributed by atoms with Gasteiger partial charge in [-0.15, -0.1) is 0 Å². The van der Waals surface area contributed by atoms with E-state index < -0.39 is 0 Å². The number of anilines is 1. The molecule has 2 heterocycles. The van der Waals surface area contributed by atoms with Crippen molar-refractivity contribution in [2.45, 2.75) is 13.3 Å². The zero-order chi connectivity index (χ0) is 10.4. The van der Waals surface area contributed by atoms with E-state index in [0.717, 1.165) is 35.2 Å². The number of nitrogens with zero attached hydrogens (tertiary/aromatic N) is 1. The summed E-state index contributed by atoms with van der Waals surface area (Å²) in [6.45, 7) is 2.93. The van der Waals surface area contributed by atoms with Crippen LogP contribution in [-0.2, 0) is 6.42 Å². The monoisotopic (exact) mass is 202 g/mol. The first-order valence-corrected chi connectivity index (χ1v) is 5.08. The predicted molar refractivity (Wildman–Crippen MR) is 58.6 cm³/mol. The normalized spacial score (nSPS) is 14.0. The number of rotatable bonds is 0. The van der Waals surface area contributed by atoms with E-state index in [2.05, 4.69) is 10.3 Å². The maximum Gasteiger partial charge on any atom is 0.124 e. The Morgan fingerprint density at radius 1 is 1.40 bits per heavy atom. The number of hydrogen-bond acceptors (Lipinski definition) is 2. The van der Waals surface area contributed by atoms with Crippen molar-refractivity contribution in [3.05, 3.63) is 35.3 Å². The summed E-state index contributed by atoms with van der Waals surface area (Å²) in [6, 6.07) is 4.74. The average molecular weight is 202 g/mol. The Morgan fingerprint density at radius 2 is 2.27 bits per heavy atom. The van der Waals surface area contributed by atoms with Gasteiger partial charge in [-0.1, -0.05) is 0 Å². The minimum atomic E-state index is -0.205. The minimum Gasteiger partial charge on any atom is -0.384 e. The molecular weight excluding hydrogens is 191 g/mol. The van der Waals surface area contributed by atoms with Crippen molar-refractivity contribution in [3.63, 3.8) is 0 Å². The molecule has 0 saturated heterocycles. The van der Waals surface area contributed by atoms with Crippen LogP contribution in [0.2, 0.25) is 0 Å². The van der Waals surface area contributed by atoms with Gasteiger partial charge in [-0.25, -0.2) is 4.39 Å². The number of benzene rings is 1. The van der Waals surface area contributed by atoms with Crippen LogP contribution < -0.4 is 5.32 Å². The molecule has 1 aromatic carbocycles. The van der Waals surface area contributed by atoms with Crippen LogP contribution in [0.4, 0.5) is 10.1 Å². The van der Waals surface area contributed by atoms with Gasteiger partial charge in [0.2, 0.25) is 0 Å². The summed E-state index contributed by atoms with van der Waals surface area (Å²) in [7, 11) is 0. The molecule has 0 saturated carbocycles. The molecule has 0 bridgehead atoms. The van der Waals surface area contributed by atoms with Gasteiger partial charge in [0.15, 0.2) is 0 Å². The summed E-state index contributed by atoms with van der Waals surface area (Å²) in [6.07, 6.45) is 0.987. The van der Waals surface area contributed by atoms with Crippen molar-refractivity contribution < 1.29 is 4.39 Å². The van der Waals surface area contributed by atoms with E-state index in [9.17, 15) is 4.39 Å². The first-order valence-electron chi connectivity index (χ1n) is 5.08. The van der Waals surface area contributed by atoms with Crippen LogP contribution >= 0.6 is 0 Å². The molecule has 2 nitrogen and oxygen atoms in total. The topological polar surface area (TPSA) is 24.9 Å². The van der Waals surface area contributed by atoms with Gasteiger partial charge in [-0.05, 0) is 37.1 Å². The van der Waals surface area contributed by atoms with Crippen LogP contribution in [0, 0.1) is 12.7 Å². The van der Waals surface area contributed by atoms with Gasteiger partial charge in [0.05, 0.1) is 5.52 Å². The highest BCUT2D eigenvalue weighted by atomic mass is 19.1. The highest BCUT2D eigenvalue weighted by Crippen LogP contribution is 2.32.